The van der Waals surface area contributed by atoms with Gasteiger partial charge in [0.25, 0.3) is 0 Å². The van der Waals surface area contributed by atoms with Crippen LogP contribution in [0.4, 0.5) is 0 Å². The van der Waals surface area contributed by atoms with Gasteiger partial charge in [0.1, 0.15) is 5.78 Å². The van der Waals surface area contributed by atoms with Crippen LogP contribution in [0.1, 0.15) is 18.9 Å². The summed E-state index contributed by atoms with van der Waals surface area (Å²) in [6.07, 6.45) is 1.53. The summed E-state index contributed by atoms with van der Waals surface area (Å²) in [5.74, 6) is 0.551. The fraction of sp³-hybridized carbons (Fsp3) is 0.462. The van der Waals surface area contributed by atoms with E-state index in [0.29, 0.717) is 18.2 Å². The molecule has 1 saturated heterocycles. The summed E-state index contributed by atoms with van der Waals surface area (Å²) in [4.78, 5) is 12.1. The molecular weight excluding hydrogens is 266 g/mol. The van der Waals surface area contributed by atoms with Crippen molar-refractivity contribution in [1.82, 2.24) is 5.32 Å². The van der Waals surface area contributed by atoms with Gasteiger partial charge in [-0.2, -0.15) is 0 Å². The number of benzene rings is 1. The third kappa shape index (κ3) is 2.71. The molecule has 1 N–H and O–H groups in total. The van der Waals surface area contributed by atoms with Gasteiger partial charge in [0.15, 0.2) is 0 Å². The summed E-state index contributed by atoms with van der Waals surface area (Å²) in [7, 11) is 0. The molecule has 1 aliphatic heterocycles. The molecule has 2 atom stereocenters. The molecule has 1 aromatic rings. The lowest BCUT2D eigenvalue weighted by Gasteiger charge is -2.13. The minimum atomic E-state index is 0.194. The first-order chi connectivity index (χ1) is 7.66. The maximum Gasteiger partial charge on any atom is 0.141 e. The van der Waals surface area contributed by atoms with E-state index < -0.39 is 0 Å². The van der Waals surface area contributed by atoms with E-state index in [-0.39, 0.29) is 5.92 Å². The van der Waals surface area contributed by atoms with Crippen LogP contribution in [0.3, 0.4) is 0 Å². The highest BCUT2D eigenvalue weighted by molar-refractivity contribution is 9.10. The third-order valence-electron chi connectivity index (χ3n) is 3.21. The van der Waals surface area contributed by atoms with Gasteiger partial charge >= 0.3 is 0 Å². The molecule has 1 aliphatic rings. The molecule has 2 unspecified atom stereocenters. The number of carbonyl (C=O) groups excluding carboxylic acids is 1. The number of rotatable bonds is 3. The standard InChI is InChI=1S/C13H16BrNO/c1-9-12(5-6-15-9)13(16)8-10-3-2-4-11(14)7-10/h2-4,7,9,12,15H,5-6,8H2,1H3. The van der Waals surface area contributed by atoms with Crippen LogP contribution >= 0.6 is 15.9 Å². The largest absolute Gasteiger partial charge is 0.314 e. The van der Waals surface area contributed by atoms with Crippen molar-refractivity contribution in [2.45, 2.75) is 25.8 Å². The van der Waals surface area contributed by atoms with Crippen molar-refractivity contribution >= 4 is 21.7 Å². The van der Waals surface area contributed by atoms with Gasteiger partial charge in [-0.15, -0.1) is 0 Å². The Balaban J connectivity index is 2.02. The molecule has 0 spiro atoms. The average molecular weight is 282 g/mol. The summed E-state index contributed by atoms with van der Waals surface area (Å²) in [5, 5.41) is 3.32. The summed E-state index contributed by atoms with van der Waals surface area (Å²) in [6, 6.07) is 8.32. The first-order valence-corrected chi connectivity index (χ1v) is 6.46. The second-order valence-electron chi connectivity index (χ2n) is 4.41. The summed E-state index contributed by atoms with van der Waals surface area (Å²) < 4.78 is 1.04. The van der Waals surface area contributed by atoms with E-state index in [0.717, 1.165) is 23.0 Å². The maximum absolute atomic E-state index is 12.1. The number of Topliss-reactive ketones (excluding diaryl/α,β-unsaturated/α-hetero) is 1. The Morgan fingerprint density at radius 2 is 2.38 bits per heavy atom. The normalized spacial score (nSPS) is 24.6. The topological polar surface area (TPSA) is 29.1 Å². The van der Waals surface area contributed by atoms with Crippen LogP contribution in [-0.4, -0.2) is 18.4 Å². The number of nitrogens with one attached hydrogen (secondary N) is 1. The minimum Gasteiger partial charge on any atom is -0.314 e. The molecule has 2 rings (SSSR count). The molecule has 1 heterocycles. The van der Waals surface area contributed by atoms with E-state index in [2.05, 4.69) is 28.2 Å². The Bertz CT molecular complexity index is 391. The van der Waals surface area contributed by atoms with Crippen LogP contribution in [0.25, 0.3) is 0 Å². The molecule has 1 aromatic carbocycles. The SMILES string of the molecule is CC1NCCC1C(=O)Cc1cccc(Br)c1. The predicted molar refractivity (Wildman–Crippen MR) is 68.4 cm³/mol. The van der Waals surface area contributed by atoms with E-state index in [9.17, 15) is 4.79 Å². The smallest absolute Gasteiger partial charge is 0.141 e. The van der Waals surface area contributed by atoms with Gasteiger partial charge < -0.3 is 5.32 Å². The summed E-state index contributed by atoms with van der Waals surface area (Å²) in [6.45, 7) is 3.06. The Kier molecular flexibility index (Phi) is 3.77. The number of ketones is 1. The van der Waals surface area contributed by atoms with Crippen LogP contribution in [0.15, 0.2) is 28.7 Å². The number of carbonyl (C=O) groups is 1. The molecule has 0 aliphatic carbocycles. The zero-order valence-electron chi connectivity index (χ0n) is 9.37. The Morgan fingerprint density at radius 1 is 1.56 bits per heavy atom. The maximum atomic E-state index is 12.1. The first kappa shape index (κ1) is 11.8. The molecule has 0 aromatic heterocycles. The number of hydrogen-bond donors (Lipinski definition) is 1. The Morgan fingerprint density at radius 3 is 3.00 bits per heavy atom. The van der Waals surface area contributed by atoms with E-state index in [1.807, 2.05) is 24.3 Å². The highest BCUT2D eigenvalue weighted by Crippen LogP contribution is 2.19. The van der Waals surface area contributed by atoms with E-state index in [1.165, 1.54) is 0 Å². The highest BCUT2D eigenvalue weighted by atomic mass is 79.9. The van der Waals surface area contributed by atoms with Crippen LogP contribution < -0.4 is 5.32 Å². The lowest BCUT2D eigenvalue weighted by atomic mass is 9.92. The Hall–Kier alpha value is -0.670. The van der Waals surface area contributed by atoms with Crippen molar-refractivity contribution in [3.63, 3.8) is 0 Å². The van der Waals surface area contributed by atoms with Crippen molar-refractivity contribution in [1.29, 1.82) is 0 Å². The van der Waals surface area contributed by atoms with Gasteiger partial charge in [0.05, 0.1) is 0 Å². The monoisotopic (exact) mass is 281 g/mol. The van der Waals surface area contributed by atoms with Crippen LogP contribution in [0, 0.1) is 5.92 Å². The van der Waals surface area contributed by atoms with Crippen LogP contribution in [0.2, 0.25) is 0 Å². The molecule has 16 heavy (non-hydrogen) atoms. The van der Waals surface area contributed by atoms with Crippen molar-refractivity contribution < 1.29 is 4.79 Å². The molecule has 86 valence electrons. The first-order valence-electron chi connectivity index (χ1n) is 5.67. The molecule has 1 fully saturated rings. The fourth-order valence-corrected chi connectivity index (χ4v) is 2.72. The summed E-state index contributed by atoms with van der Waals surface area (Å²) >= 11 is 3.42. The molecule has 0 radical (unpaired) electrons. The quantitative estimate of drug-likeness (QED) is 0.923. The van der Waals surface area contributed by atoms with Crippen molar-refractivity contribution in [2.24, 2.45) is 5.92 Å². The zero-order chi connectivity index (χ0) is 11.5. The van der Waals surface area contributed by atoms with E-state index in [1.54, 1.807) is 0 Å². The fourth-order valence-electron chi connectivity index (χ4n) is 2.28. The second-order valence-corrected chi connectivity index (χ2v) is 5.33. The lowest BCUT2D eigenvalue weighted by Crippen LogP contribution is -2.29. The van der Waals surface area contributed by atoms with Crippen LogP contribution in [0.5, 0.6) is 0 Å². The van der Waals surface area contributed by atoms with Gasteiger partial charge in [-0.3, -0.25) is 4.79 Å². The molecule has 0 bridgehead atoms. The van der Waals surface area contributed by atoms with Gasteiger partial charge in [-0.05, 0) is 37.6 Å². The number of hydrogen-bond acceptors (Lipinski definition) is 2. The molecule has 2 nitrogen and oxygen atoms in total. The van der Waals surface area contributed by atoms with Gasteiger partial charge in [-0.25, -0.2) is 0 Å². The minimum absolute atomic E-state index is 0.194. The molecule has 0 saturated carbocycles. The number of halogens is 1. The molecule has 3 heteroatoms. The van der Waals surface area contributed by atoms with Crippen molar-refractivity contribution in [2.75, 3.05) is 6.54 Å². The second kappa shape index (κ2) is 5.11. The third-order valence-corrected chi connectivity index (χ3v) is 3.70. The van der Waals surface area contributed by atoms with Crippen molar-refractivity contribution in [3.05, 3.63) is 34.3 Å². The highest BCUT2D eigenvalue weighted by Gasteiger charge is 2.28. The van der Waals surface area contributed by atoms with Gasteiger partial charge in [-0.1, -0.05) is 28.1 Å². The average Bonchev–Trinajstić information content (AvgIpc) is 2.64. The van der Waals surface area contributed by atoms with E-state index >= 15 is 0 Å². The zero-order valence-corrected chi connectivity index (χ0v) is 11.0. The van der Waals surface area contributed by atoms with E-state index in [4.69, 9.17) is 0 Å². The Labute approximate surface area is 105 Å². The lowest BCUT2D eigenvalue weighted by molar-refractivity contribution is -0.122. The molecule has 0 amide bonds. The van der Waals surface area contributed by atoms with Crippen molar-refractivity contribution in [3.8, 4) is 0 Å². The summed E-state index contributed by atoms with van der Waals surface area (Å²) in [5.41, 5.74) is 1.10. The molecular formula is C13H16BrNO. The van der Waals surface area contributed by atoms with Crippen LogP contribution in [-0.2, 0) is 11.2 Å². The predicted octanol–water partition coefficient (Wildman–Crippen LogP) is 2.56. The van der Waals surface area contributed by atoms with Gasteiger partial charge in [0.2, 0.25) is 0 Å². The van der Waals surface area contributed by atoms with Gasteiger partial charge in [0, 0.05) is 22.9 Å².